The third-order valence-electron chi connectivity index (χ3n) is 9.13. The first-order chi connectivity index (χ1) is 31.3. The first-order valence-electron chi connectivity index (χ1n) is 19.8. The molecule has 312 valence electrons. The molecule has 9 rings (SSSR count). The molecule has 0 atom stereocenters. The van der Waals surface area contributed by atoms with Crippen molar-refractivity contribution in [2.45, 2.75) is 0 Å². The molecule has 0 aromatic heterocycles. The maximum atomic E-state index is 7.50. The number of hydrogen-bond donors (Lipinski definition) is 0. The fraction of sp³-hybridized carbons (Fsp3) is 0. The van der Waals surface area contributed by atoms with E-state index in [0.717, 1.165) is 0 Å². The summed E-state index contributed by atoms with van der Waals surface area (Å²) < 4.78 is 36.1. The summed E-state index contributed by atoms with van der Waals surface area (Å²) in [6.45, 7) is 13.5. The first-order valence-corrected chi connectivity index (χ1v) is 31.3. The van der Waals surface area contributed by atoms with Gasteiger partial charge in [-0.15, -0.1) is 0 Å². The van der Waals surface area contributed by atoms with Crippen molar-refractivity contribution < 1.29 is 35.0 Å². The fourth-order valence-electron chi connectivity index (χ4n) is 6.54. The zero-order valence-electron chi connectivity index (χ0n) is 35.0. The van der Waals surface area contributed by atoms with E-state index in [1.165, 1.54) is 31.6 Å². The molecular weight excluding hydrogens is 1190 g/mol. The Bertz CT molecular complexity index is 2010. The minimum absolute atomic E-state index is 0. The van der Waals surface area contributed by atoms with Crippen molar-refractivity contribution in [2.75, 3.05) is 0 Å². The monoisotopic (exact) mass is 1240 g/mol. The van der Waals surface area contributed by atoms with Crippen molar-refractivity contribution in [3.8, 4) is 0 Å². The molecule has 0 heterocycles. The number of hydrogen-bond acceptors (Lipinski definition) is 0. The summed E-state index contributed by atoms with van der Waals surface area (Å²) in [7, 11) is 0. The van der Waals surface area contributed by atoms with Crippen LogP contribution in [0.15, 0.2) is 273 Å². The molecule has 0 spiro atoms. The van der Waals surface area contributed by atoms with Crippen LogP contribution < -0.4 is 31.6 Å². The van der Waals surface area contributed by atoms with Gasteiger partial charge in [0.15, 0.2) is 0 Å². The van der Waals surface area contributed by atoms with Gasteiger partial charge >= 0.3 is 399 Å². The second kappa shape index (κ2) is 32.9. The van der Waals surface area contributed by atoms with Gasteiger partial charge in [0.2, 0.25) is 0 Å². The van der Waals surface area contributed by atoms with Crippen molar-refractivity contribution in [3.05, 3.63) is 293 Å². The number of rotatable bonds is 9. The normalized spacial score (nSPS) is 9.52. The van der Waals surface area contributed by atoms with Crippen LogP contribution in [0.2, 0.25) is 0 Å². The van der Waals surface area contributed by atoms with Gasteiger partial charge in [0.25, 0.3) is 0 Å². The van der Waals surface area contributed by atoms with E-state index in [1.807, 2.05) is 0 Å². The van der Waals surface area contributed by atoms with Crippen molar-refractivity contribution >= 4 is 92.2 Å². The van der Waals surface area contributed by atoms with Gasteiger partial charge in [-0.2, -0.15) is 0 Å². The van der Waals surface area contributed by atoms with E-state index in [4.69, 9.17) is 14.0 Å². The SMILES string of the molecule is [C-]#[O+].[C-]#[O+].[C-]#[O+].[Mo].c1cc[c]([Sb]([c]2ccccc2)[c]2ccccc2)cc1.c1cc[c]([Sb]([c]2ccccc2)[c]2ccccc2)cc1.c1cc[c]([Sb]([c]2ccccc2)[c]2ccccc2)cc1. The van der Waals surface area contributed by atoms with Crippen LogP contribution in [0.1, 0.15) is 0 Å². The Kier molecular flexibility index (Phi) is 27.6. The van der Waals surface area contributed by atoms with Gasteiger partial charge in [-0.1, -0.05) is 0 Å². The second-order valence-corrected chi connectivity index (χ2v) is 32.0. The van der Waals surface area contributed by atoms with Crippen molar-refractivity contribution in [2.24, 2.45) is 0 Å². The quantitative estimate of drug-likeness (QED) is 0.0903. The summed E-state index contributed by atoms with van der Waals surface area (Å²) in [5.41, 5.74) is 0. The fourth-order valence-corrected chi connectivity index (χ4v) is 26.3. The molecule has 0 unspecified atom stereocenters. The molecule has 0 aliphatic carbocycles. The van der Waals surface area contributed by atoms with E-state index < -0.39 is 60.6 Å². The maximum absolute atomic E-state index is 7.50. The molecule has 0 aliphatic rings. The van der Waals surface area contributed by atoms with E-state index in [2.05, 4.69) is 293 Å². The molecule has 0 radical (unpaired) electrons. The Hall–Kier alpha value is -4.66. The Morgan fingerprint density at radius 2 is 0.250 bits per heavy atom. The molecule has 0 N–H and O–H groups in total. The van der Waals surface area contributed by atoms with Crippen molar-refractivity contribution in [1.82, 2.24) is 0 Å². The van der Waals surface area contributed by atoms with E-state index in [0.29, 0.717) is 0 Å². The summed E-state index contributed by atoms with van der Waals surface area (Å²) in [6, 6.07) is 98.6. The van der Waals surface area contributed by atoms with Gasteiger partial charge in [-0.3, -0.25) is 0 Å². The van der Waals surface area contributed by atoms with E-state index in [1.54, 1.807) is 0 Å². The zero-order chi connectivity index (χ0) is 44.7. The van der Waals surface area contributed by atoms with E-state index in [9.17, 15) is 0 Å². The van der Waals surface area contributed by atoms with Crippen LogP contribution in [0.4, 0.5) is 0 Å². The Morgan fingerprint density at radius 3 is 0.328 bits per heavy atom. The number of benzene rings is 9. The molecule has 0 bridgehead atoms. The molecule has 0 aliphatic heterocycles. The molecule has 9 aromatic carbocycles. The predicted molar refractivity (Wildman–Crippen MR) is 264 cm³/mol. The van der Waals surface area contributed by atoms with Crippen LogP contribution in [0, 0.1) is 20.0 Å². The summed E-state index contributed by atoms with van der Waals surface area (Å²) in [5, 5.41) is 0. The Balaban J connectivity index is 0.000000239. The summed E-state index contributed by atoms with van der Waals surface area (Å²) in [6.07, 6.45) is 0. The second-order valence-electron chi connectivity index (χ2n) is 13.0. The average molecular weight is 1240 g/mol. The molecule has 7 heteroatoms. The van der Waals surface area contributed by atoms with Crippen LogP contribution >= 0.6 is 0 Å². The molecule has 9 aromatic rings. The van der Waals surface area contributed by atoms with Crippen LogP contribution in [-0.2, 0) is 35.0 Å². The van der Waals surface area contributed by atoms with Crippen LogP contribution in [0.25, 0.3) is 0 Å². The van der Waals surface area contributed by atoms with Crippen molar-refractivity contribution in [3.63, 3.8) is 0 Å². The molecule has 64 heavy (non-hydrogen) atoms. The van der Waals surface area contributed by atoms with Gasteiger partial charge in [0, 0.05) is 21.1 Å². The Labute approximate surface area is 415 Å². The molecule has 0 saturated carbocycles. The predicted octanol–water partition coefficient (Wildman–Crippen LogP) is 6.49. The van der Waals surface area contributed by atoms with Gasteiger partial charge in [0.1, 0.15) is 0 Å². The molecule has 3 nitrogen and oxygen atoms in total. The van der Waals surface area contributed by atoms with Gasteiger partial charge in [0.05, 0.1) is 0 Å². The average Bonchev–Trinajstić information content (AvgIpc) is 3.39. The molecule has 0 saturated heterocycles. The topological polar surface area (TPSA) is 59.7 Å². The van der Waals surface area contributed by atoms with Gasteiger partial charge in [-0.05, 0) is 0 Å². The standard InChI is InChI=1S/9C6H5.3CO.Mo.3Sb/c9*1-2-4-6-5-3-1;3*1-2;;;;/h9*1-5H;;;;;;;. The third kappa shape index (κ3) is 17.0. The Morgan fingerprint density at radius 1 is 0.172 bits per heavy atom. The van der Waals surface area contributed by atoms with Crippen LogP contribution in [0.3, 0.4) is 0 Å². The van der Waals surface area contributed by atoms with E-state index in [-0.39, 0.29) is 21.1 Å². The van der Waals surface area contributed by atoms with Gasteiger partial charge in [-0.25, -0.2) is 0 Å². The summed E-state index contributed by atoms with van der Waals surface area (Å²) >= 11 is -5.48. The molecule has 0 fully saturated rings. The first kappa shape index (κ1) is 53.7. The summed E-state index contributed by atoms with van der Waals surface area (Å²) in [4.78, 5) is 0. The van der Waals surface area contributed by atoms with Gasteiger partial charge < -0.3 is 0 Å². The molecule has 0 amide bonds. The van der Waals surface area contributed by atoms with Crippen LogP contribution in [-0.4, -0.2) is 60.6 Å². The molecular formula is C57H45MoO3Sb3. The van der Waals surface area contributed by atoms with Crippen LogP contribution in [0.5, 0.6) is 0 Å². The minimum atomic E-state index is -1.83. The van der Waals surface area contributed by atoms with Crippen molar-refractivity contribution in [1.29, 1.82) is 0 Å². The van der Waals surface area contributed by atoms with E-state index >= 15 is 0 Å². The zero-order valence-corrected chi connectivity index (χ0v) is 44.6. The summed E-state index contributed by atoms with van der Waals surface area (Å²) in [5.74, 6) is 0. The third-order valence-corrected chi connectivity index (χ3v) is 30.1.